The zero-order chi connectivity index (χ0) is 17.3. The zero-order valence-corrected chi connectivity index (χ0v) is 16.5. The van der Waals surface area contributed by atoms with Gasteiger partial charge in [-0.1, -0.05) is 90.4 Å². The van der Waals surface area contributed by atoms with Gasteiger partial charge >= 0.3 is 6.92 Å². The Labute approximate surface area is 146 Å². The van der Waals surface area contributed by atoms with Crippen LogP contribution in [0.4, 0.5) is 0 Å². The fraction of sp³-hybridized carbons (Fsp3) is 0.810. The average molecular weight is 318 g/mol. The van der Waals surface area contributed by atoms with E-state index in [1.54, 1.807) is 0 Å². The highest BCUT2D eigenvalue weighted by Crippen LogP contribution is 2.41. The van der Waals surface area contributed by atoms with Gasteiger partial charge in [-0.3, -0.25) is 0 Å². The van der Waals surface area contributed by atoms with Crippen molar-refractivity contribution >= 4 is 6.92 Å². The first-order valence-corrected chi connectivity index (χ1v) is 9.84. The molecular weight excluding hydrogens is 279 g/mol. The van der Waals surface area contributed by atoms with E-state index in [9.17, 15) is 0 Å². The molecule has 0 atom stereocenters. The molecule has 1 rings (SSSR count). The van der Waals surface area contributed by atoms with Crippen molar-refractivity contribution in [2.45, 2.75) is 91.3 Å². The van der Waals surface area contributed by atoms with Gasteiger partial charge in [0.25, 0.3) is 0 Å². The molecule has 0 N–H and O–H groups in total. The third-order valence-electron chi connectivity index (χ3n) is 5.81. The van der Waals surface area contributed by atoms with Crippen LogP contribution in [0.1, 0.15) is 86.0 Å². The summed E-state index contributed by atoms with van der Waals surface area (Å²) in [5.74, 6) is 1.33. The molecule has 0 saturated heterocycles. The molecule has 23 heavy (non-hydrogen) atoms. The zero-order valence-electron chi connectivity index (χ0n) is 16.5. The summed E-state index contributed by atoms with van der Waals surface area (Å²) in [7, 11) is 1.88. The Morgan fingerprint density at radius 2 is 1.87 bits per heavy atom. The van der Waals surface area contributed by atoms with Crippen LogP contribution in [0.25, 0.3) is 0 Å². The summed E-state index contributed by atoms with van der Waals surface area (Å²) in [6.45, 7) is 11.8. The first kappa shape index (κ1) is 20.5. The van der Waals surface area contributed by atoms with E-state index in [1.165, 1.54) is 56.8 Å². The van der Waals surface area contributed by atoms with Gasteiger partial charge in [-0.05, 0) is 36.4 Å². The van der Waals surface area contributed by atoms with Crippen molar-refractivity contribution in [3.05, 3.63) is 23.7 Å². The molecule has 0 bridgehead atoms. The van der Waals surface area contributed by atoms with Crippen LogP contribution < -0.4 is 0 Å². The molecule has 0 spiro atoms. The topological polar surface area (TPSA) is 9.23 Å². The van der Waals surface area contributed by atoms with Crippen molar-refractivity contribution in [1.82, 2.24) is 0 Å². The normalized spacial score (nSPS) is 18.1. The third kappa shape index (κ3) is 6.49. The van der Waals surface area contributed by atoms with Crippen LogP contribution >= 0.6 is 0 Å². The molecule has 0 amide bonds. The molecule has 0 heterocycles. The average Bonchev–Trinajstić information content (AvgIpc) is 2.52. The summed E-state index contributed by atoms with van der Waals surface area (Å²) in [6, 6.07) is 0. The SMILES string of the molecule is CCCC/C=C/C(=C\C1CCCCC1)B(OC)C(C)(C)C(C)C. The summed E-state index contributed by atoms with van der Waals surface area (Å²) in [5.41, 5.74) is 1.41. The quantitative estimate of drug-likeness (QED) is 0.256. The lowest BCUT2D eigenvalue weighted by Crippen LogP contribution is -2.36. The Morgan fingerprint density at radius 3 is 2.39 bits per heavy atom. The van der Waals surface area contributed by atoms with E-state index in [4.69, 9.17) is 4.65 Å². The molecule has 0 aromatic rings. The second kappa shape index (κ2) is 10.4. The van der Waals surface area contributed by atoms with E-state index >= 15 is 0 Å². The second-order valence-corrected chi connectivity index (χ2v) is 8.20. The van der Waals surface area contributed by atoms with Gasteiger partial charge in [0.2, 0.25) is 0 Å². The van der Waals surface area contributed by atoms with Gasteiger partial charge < -0.3 is 4.65 Å². The number of rotatable bonds is 9. The van der Waals surface area contributed by atoms with E-state index in [-0.39, 0.29) is 12.2 Å². The molecule has 0 aliphatic heterocycles. The first-order chi connectivity index (χ1) is 10.9. The number of hydrogen-bond donors (Lipinski definition) is 0. The van der Waals surface area contributed by atoms with Crippen molar-refractivity contribution in [3.8, 4) is 0 Å². The molecule has 1 aliphatic rings. The third-order valence-corrected chi connectivity index (χ3v) is 5.81. The Kier molecular flexibility index (Phi) is 9.28. The Morgan fingerprint density at radius 1 is 1.22 bits per heavy atom. The maximum Gasteiger partial charge on any atom is 0.332 e. The summed E-state index contributed by atoms with van der Waals surface area (Å²) < 4.78 is 6.02. The lowest BCUT2D eigenvalue weighted by molar-refractivity contribution is 0.353. The summed E-state index contributed by atoms with van der Waals surface area (Å²) >= 11 is 0. The molecular formula is C21H39BO. The van der Waals surface area contributed by atoms with E-state index in [2.05, 4.69) is 52.8 Å². The minimum atomic E-state index is 0.143. The number of unbranched alkanes of at least 4 members (excludes halogenated alkanes) is 2. The Balaban J connectivity index is 2.99. The highest BCUT2D eigenvalue weighted by molar-refractivity contribution is 6.64. The molecule has 1 fully saturated rings. The monoisotopic (exact) mass is 318 g/mol. The molecule has 1 saturated carbocycles. The van der Waals surface area contributed by atoms with E-state index in [0.29, 0.717) is 5.92 Å². The van der Waals surface area contributed by atoms with Crippen LogP contribution in [-0.4, -0.2) is 14.0 Å². The molecule has 0 radical (unpaired) electrons. The smallest absolute Gasteiger partial charge is 0.332 e. The molecule has 0 aromatic carbocycles. The highest BCUT2D eigenvalue weighted by atomic mass is 16.4. The fourth-order valence-corrected chi connectivity index (χ4v) is 3.52. The van der Waals surface area contributed by atoms with E-state index in [0.717, 1.165) is 5.92 Å². The predicted molar refractivity (Wildman–Crippen MR) is 105 cm³/mol. The van der Waals surface area contributed by atoms with Gasteiger partial charge in [-0.15, -0.1) is 0 Å². The van der Waals surface area contributed by atoms with Crippen molar-refractivity contribution in [3.63, 3.8) is 0 Å². The second-order valence-electron chi connectivity index (χ2n) is 8.20. The van der Waals surface area contributed by atoms with Crippen LogP contribution in [0.5, 0.6) is 0 Å². The molecule has 132 valence electrons. The highest BCUT2D eigenvalue weighted by Gasteiger charge is 2.39. The van der Waals surface area contributed by atoms with Crippen molar-refractivity contribution in [1.29, 1.82) is 0 Å². The lowest BCUT2D eigenvalue weighted by Gasteiger charge is -2.35. The van der Waals surface area contributed by atoms with Gasteiger partial charge in [0, 0.05) is 7.11 Å². The van der Waals surface area contributed by atoms with Gasteiger partial charge in [0.05, 0.1) is 0 Å². The predicted octanol–water partition coefficient (Wildman–Crippen LogP) is 6.85. The molecule has 0 unspecified atom stereocenters. The van der Waals surface area contributed by atoms with Crippen molar-refractivity contribution in [2.75, 3.05) is 7.11 Å². The summed E-state index contributed by atoms with van der Waals surface area (Å²) in [5, 5.41) is 0.143. The minimum absolute atomic E-state index is 0.143. The van der Waals surface area contributed by atoms with Crippen LogP contribution in [0.3, 0.4) is 0 Å². The van der Waals surface area contributed by atoms with Gasteiger partial charge in [-0.25, -0.2) is 0 Å². The van der Waals surface area contributed by atoms with Gasteiger partial charge in [0.1, 0.15) is 0 Å². The Hall–Kier alpha value is -0.495. The Bertz CT molecular complexity index is 375. The van der Waals surface area contributed by atoms with Crippen molar-refractivity contribution < 1.29 is 4.65 Å². The molecule has 1 nitrogen and oxygen atoms in total. The van der Waals surface area contributed by atoms with Gasteiger partial charge in [-0.2, -0.15) is 0 Å². The number of allylic oxidation sites excluding steroid dienone is 4. The van der Waals surface area contributed by atoms with E-state index in [1.807, 2.05) is 7.11 Å². The lowest BCUT2D eigenvalue weighted by atomic mass is 9.39. The standard InChI is InChI=1S/C21H39BO/c1-7-8-9-13-16-20(17-19-14-11-10-12-15-19)22(23-6)21(4,5)18(2)3/h13,16-19H,7-12,14-15H2,1-6H3/b16-13+,20-17+. The minimum Gasteiger partial charge on any atom is -0.433 e. The first-order valence-electron chi connectivity index (χ1n) is 9.84. The number of hydrogen-bond acceptors (Lipinski definition) is 1. The summed E-state index contributed by atoms with van der Waals surface area (Å²) in [6.07, 6.45) is 17.9. The van der Waals surface area contributed by atoms with Crippen LogP contribution in [0, 0.1) is 11.8 Å². The van der Waals surface area contributed by atoms with Crippen LogP contribution in [-0.2, 0) is 4.65 Å². The largest absolute Gasteiger partial charge is 0.433 e. The van der Waals surface area contributed by atoms with Gasteiger partial charge in [0.15, 0.2) is 0 Å². The van der Waals surface area contributed by atoms with Crippen LogP contribution in [0.2, 0.25) is 5.31 Å². The molecule has 2 heteroatoms. The summed E-state index contributed by atoms with van der Waals surface area (Å²) in [4.78, 5) is 0. The molecule has 0 aromatic heterocycles. The van der Waals surface area contributed by atoms with Crippen molar-refractivity contribution in [2.24, 2.45) is 11.8 Å². The fourth-order valence-electron chi connectivity index (χ4n) is 3.52. The van der Waals surface area contributed by atoms with Crippen LogP contribution in [0.15, 0.2) is 23.7 Å². The van der Waals surface area contributed by atoms with E-state index < -0.39 is 0 Å². The maximum absolute atomic E-state index is 6.02. The molecule has 1 aliphatic carbocycles. The maximum atomic E-state index is 6.02.